The average Bonchev–Trinajstić information content (AvgIpc) is 3.55. The number of likely N-dealkylation sites (tertiary alicyclic amines) is 1. The van der Waals surface area contributed by atoms with Gasteiger partial charge in [0.05, 0.1) is 68.6 Å². The van der Waals surface area contributed by atoms with Crippen LogP contribution in [-0.4, -0.2) is 160 Å². The zero-order chi connectivity index (χ0) is 30.5. The van der Waals surface area contributed by atoms with E-state index in [1.54, 1.807) is 0 Å². The number of hydrogen-bond donors (Lipinski definition) is 5. The van der Waals surface area contributed by atoms with Gasteiger partial charge in [-0.3, -0.25) is 25.6 Å². The molecule has 5 N–H and O–H groups in total. The number of fused-ring (bicyclic) bond motifs is 1. The second kappa shape index (κ2) is 16.0. The Labute approximate surface area is 268 Å². The van der Waals surface area contributed by atoms with Crippen molar-refractivity contribution in [3.05, 3.63) is 0 Å². The molecule has 13 heteroatoms. The summed E-state index contributed by atoms with van der Waals surface area (Å²) < 4.78 is 17.2. The number of nitrogens with one attached hydrogen (secondary N) is 4. The van der Waals surface area contributed by atoms with Gasteiger partial charge in [0, 0.05) is 58.3 Å². The van der Waals surface area contributed by atoms with Crippen molar-refractivity contribution >= 4 is 17.5 Å². The molecule has 5 saturated heterocycles. The summed E-state index contributed by atoms with van der Waals surface area (Å²) in [6.07, 6.45) is 4.47. The van der Waals surface area contributed by atoms with E-state index in [0.29, 0.717) is 37.8 Å². The average molecular weight is 642 g/mol. The van der Waals surface area contributed by atoms with Crippen molar-refractivity contribution in [3.8, 4) is 0 Å². The SMILES string of the molecule is CCN1CCN(C2CC(C(=O)NC[C@H](O)CN3CCC4C(CCC(OCC5CNCO5)C4Cl)C3)CC(NC3COC3)N2)CC1. The third-order valence-electron chi connectivity index (χ3n) is 10.9. The van der Waals surface area contributed by atoms with E-state index in [2.05, 4.69) is 42.9 Å². The number of amides is 1. The molecule has 6 rings (SSSR count). The second-order valence-corrected chi connectivity index (χ2v) is 14.4. The van der Waals surface area contributed by atoms with Crippen LogP contribution in [0.5, 0.6) is 0 Å². The first-order valence-electron chi connectivity index (χ1n) is 17.3. The lowest BCUT2D eigenvalue weighted by Gasteiger charge is -2.46. The maximum absolute atomic E-state index is 13.4. The minimum Gasteiger partial charge on any atom is -0.390 e. The van der Waals surface area contributed by atoms with Crippen LogP contribution in [0.15, 0.2) is 0 Å². The van der Waals surface area contributed by atoms with Gasteiger partial charge in [0.1, 0.15) is 0 Å². The topological polar surface area (TPSA) is 123 Å². The number of aliphatic hydroxyl groups is 1. The van der Waals surface area contributed by atoms with Crippen LogP contribution < -0.4 is 21.3 Å². The van der Waals surface area contributed by atoms with Crippen molar-refractivity contribution in [2.75, 3.05) is 92.0 Å². The monoisotopic (exact) mass is 641 g/mol. The Hall–Kier alpha value is -0.640. The molecule has 5 aliphatic heterocycles. The van der Waals surface area contributed by atoms with Crippen LogP contribution in [0.25, 0.3) is 0 Å². The van der Waals surface area contributed by atoms with E-state index in [1.165, 1.54) is 0 Å². The highest BCUT2D eigenvalue weighted by molar-refractivity contribution is 6.21. The molecule has 1 saturated carbocycles. The Morgan fingerprint density at radius 3 is 2.68 bits per heavy atom. The van der Waals surface area contributed by atoms with E-state index in [4.69, 9.17) is 25.8 Å². The molecule has 44 heavy (non-hydrogen) atoms. The number of aliphatic hydroxyl groups excluding tert-OH is 1. The van der Waals surface area contributed by atoms with Crippen molar-refractivity contribution in [1.29, 1.82) is 0 Å². The molecule has 0 radical (unpaired) electrons. The zero-order valence-corrected chi connectivity index (χ0v) is 27.3. The van der Waals surface area contributed by atoms with Gasteiger partial charge in [0.15, 0.2) is 0 Å². The Morgan fingerprint density at radius 2 is 1.95 bits per heavy atom. The van der Waals surface area contributed by atoms with E-state index < -0.39 is 6.10 Å². The highest BCUT2D eigenvalue weighted by atomic mass is 35.5. The van der Waals surface area contributed by atoms with E-state index in [9.17, 15) is 9.90 Å². The molecule has 0 spiro atoms. The van der Waals surface area contributed by atoms with Crippen LogP contribution in [0.4, 0.5) is 0 Å². The fourth-order valence-corrected chi connectivity index (χ4v) is 8.66. The van der Waals surface area contributed by atoms with Crippen LogP contribution in [0.1, 0.15) is 39.0 Å². The van der Waals surface area contributed by atoms with Crippen LogP contribution >= 0.6 is 11.6 Å². The van der Waals surface area contributed by atoms with Gasteiger partial charge in [-0.1, -0.05) is 6.92 Å². The van der Waals surface area contributed by atoms with Crippen molar-refractivity contribution in [2.45, 2.75) is 81.1 Å². The minimum absolute atomic E-state index is 0.0222. The van der Waals surface area contributed by atoms with E-state index >= 15 is 0 Å². The van der Waals surface area contributed by atoms with Gasteiger partial charge in [0.25, 0.3) is 0 Å². The number of carbonyl (C=O) groups is 1. The molecule has 9 atom stereocenters. The highest BCUT2D eigenvalue weighted by Gasteiger charge is 2.42. The Kier molecular flexibility index (Phi) is 12.1. The van der Waals surface area contributed by atoms with E-state index in [1.807, 2.05) is 0 Å². The Morgan fingerprint density at radius 1 is 1.11 bits per heavy atom. The van der Waals surface area contributed by atoms with Crippen LogP contribution in [0.3, 0.4) is 0 Å². The number of likely N-dealkylation sites (N-methyl/N-ethyl adjacent to an activating group) is 1. The lowest BCUT2D eigenvalue weighted by molar-refractivity contribution is -0.128. The van der Waals surface area contributed by atoms with Gasteiger partial charge < -0.3 is 34.4 Å². The quantitative estimate of drug-likeness (QED) is 0.176. The Bertz CT molecular complexity index is 907. The van der Waals surface area contributed by atoms with Crippen LogP contribution in [-0.2, 0) is 19.0 Å². The number of rotatable bonds is 12. The molecule has 1 amide bonds. The van der Waals surface area contributed by atoms with Crippen LogP contribution in [0, 0.1) is 17.8 Å². The fraction of sp³-hybridized carbons (Fsp3) is 0.968. The highest BCUT2D eigenvalue weighted by Crippen LogP contribution is 2.40. The first-order chi connectivity index (χ1) is 21.4. The summed E-state index contributed by atoms with van der Waals surface area (Å²) in [6.45, 7) is 13.7. The summed E-state index contributed by atoms with van der Waals surface area (Å²) >= 11 is 6.96. The predicted molar refractivity (Wildman–Crippen MR) is 168 cm³/mol. The first-order valence-corrected chi connectivity index (χ1v) is 17.7. The summed E-state index contributed by atoms with van der Waals surface area (Å²) in [6, 6.07) is 0.346. The molecule has 1 aliphatic carbocycles. The Balaban J connectivity index is 0.935. The fourth-order valence-electron chi connectivity index (χ4n) is 8.13. The molecule has 6 fully saturated rings. The largest absolute Gasteiger partial charge is 0.390 e. The third kappa shape index (κ3) is 8.63. The molecule has 6 aliphatic rings. The van der Waals surface area contributed by atoms with Gasteiger partial charge >= 0.3 is 0 Å². The second-order valence-electron chi connectivity index (χ2n) is 13.9. The summed E-state index contributed by atoms with van der Waals surface area (Å²) in [5.74, 6) is 0.923. The summed E-state index contributed by atoms with van der Waals surface area (Å²) in [5.41, 5.74) is 0. The number of piperidine rings is 2. The number of β-amino-alcohol motifs (C(OH)–C–C–N with tert-alkyl or cyclic N) is 1. The summed E-state index contributed by atoms with van der Waals surface area (Å²) in [4.78, 5) is 20.8. The van der Waals surface area contributed by atoms with Crippen molar-refractivity contribution < 1.29 is 24.1 Å². The molecule has 0 aromatic heterocycles. The molecule has 0 aromatic rings. The number of carbonyl (C=O) groups excluding carboxylic acids is 1. The van der Waals surface area contributed by atoms with Gasteiger partial charge in [-0.05, 0) is 57.0 Å². The first kappa shape index (κ1) is 33.3. The van der Waals surface area contributed by atoms with Gasteiger partial charge in [-0.15, -0.1) is 11.6 Å². The summed E-state index contributed by atoms with van der Waals surface area (Å²) in [7, 11) is 0. The third-order valence-corrected chi connectivity index (χ3v) is 11.5. The zero-order valence-electron chi connectivity index (χ0n) is 26.5. The van der Waals surface area contributed by atoms with E-state index in [0.717, 1.165) is 97.7 Å². The normalized spacial score (nSPS) is 38.6. The van der Waals surface area contributed by atoms with Gasteiger partial charge in [0.2, 0.25) is 5.91 Å². The predicted octanol–water partition coefficient (Wildman–Crippen LogP) is -0.588. The van der Waals surface area contributed by atoms with Gasteiger partial charge in [-0.2, -0.15) is 0 Å². The molecule has 0 bridgehead atoms. The molecule has 252 valence electrons. The van der Waals surface area contributed by atoms with E-state index in [-0.39, 0.29) is 48.3 Å². The minimum atomic E-state index is -0.595. The maximum atomic E-state index is 13.4. The number of halogens is 1. The van der Waals surface area contributed by atoms with Crippen molar-refractivity contribution in [2.24, 2.45) is 17.8 Å². The molecule has 8 unspecified atom stereocenters. The van der Waals surface area contributed by atoms with Crippen molar-refractivity contribution in [3.63, 3.8) is 0 Å². The maximum Gasteiger partial charge on any atom is 0.223 e. The number of alkyl halides is 1. The lowest BCUT2D eigenvalue weighted by atomic mass is 9.73. The van der Waals surface area contributed by atoms with Gasteiger partial charge in [-0.25, -0.2) is 0 Å². The number of nitrogens with zero attached hydrogens (tertiary/aromatic N) is 3. The number of ether oxygens (including phenoxy) is 3. The molecular weight excluding hydrogens is 586 g/mol. The molecule has 5 heterocycles. The number of piperazine rings is 1. The molecular formula is C31H56ClN7O5. The standard InChI is InChI=1S/C31H56ClN7O5/c1-2-37-7-9-39(10-8-37)29-12-22(11-28(36-29)35-23-17-42-18-23)31(41)34-13-24(40)16-38-6-5-26-21(15-38)3-4-27(30(26)32)43-19-25-14-33-20-44-25/h21-30,33,35-36,40H,2-20H2,1H3,(H,34,41)/t21?,22?,24-,25?,26?,27?,28?,29?,30?/m0/s1. The molecule has 12 nitrogen and oxygen atoms in total. The van der Waals surface area contributed by atoms with Crippen molar-refractivity contribution in [1.82, 2.24) is 36.0 Å². The van der Waals surface area contributed by atoms with Crippen LogP contribution in [0.2, 0.25) is 0 Å². The molecule has 0 aromatic carbocycles. The summed E-state index contributed by atoms with van der Waals surface area (Å²) in [5, 5.41) is 24.7. The lowest BCUT2D eigenvalue weighted by Crippen LogP contribution is -2.65. The number of hydrogen-bond acceptors (Lipinski definition) is 11. The smallest absolute Gasteiger partial charge is 0.223 e.